The minimum Gasteiger partial charge on any atom is -0.396 e. The Labute approximate surface area is 109 Å². The Balaban J connectivity index is 2.39. The summed E-state index contributed by atoms with van der Waals surface area (Å²) in [6.07, 6.45) is -0.454. The van der Waals surface area contributed by atoms with Crippen LogP contribution in [0.5, 0.6) is 0 Å². The fraction of sp³-hybridized carbons (Fsp3) is 0.556. The van der Waals surface area contributed by atoms with E-state index in [0.717, 1.165) is 11.3 Å². The molecule has 2 N–H and O–H groups in total. The molecule has 2 heterocycles. The molecule has 0 spiro atoms. The topological polar surface area (TPSA) is 77.8 Å². The summed E-state index contributed by atoms with van der Waals surface area (Å²) in [7, 11) is -3.54. The highest BCUT2D eigenvalue weighted by molar-refractivity contribution is 7.92. The lowest BCUT2D eigenvalue weighted by molar-refractivity contribution is 0.136. The second-order valence-corrected chi connectivity index (χ2v) is 7.75. The number of aliphatic hydroxyl groups is 2. The van der Waals surface area contributed by atoms with Crippen molar-refractivity contribution in [3.8, 4) is 0 Å². The molecule has 2 rings (SSSR count). The van der Waals surface area contributed by atoms with Gasteiger partial charge in [0.05, 0.1) is 10.3 Å². The number of β-amino-alcohol motifs (C(OH)–C–C–N with tert-alkyl or cyclic N) is 1. The predicted octanol–water partition coefficient (Wildman–Crippen LogP) is 0.457. The van der Waals surface area contributed by atoms with Crippen molar-refractivity contribution in [1.82, 2.24) is 4.31 Å². The van der Waals surface area contributed by atoms with Gasteiger partial charge >= 0.3 is 0 Å². The van der Waals surface area contributed by atoms with Crippen LogP contribution in [0.4, 0.5) is 0 Å². The lowest BCUT2D eigenvalue weighted by atomic mass is 10.2. The monoisotopic (exact) mass is 295 g/mol. The Morgan fingerprint density at radius 3 is 2.94 bits per heavy atom. The van der Waals surface area contributed by atoms with Gasteiger partial charge in [-0.05, 0) is 12.5 Å². The maximum Gasteiger partial charge on any atom is 0.253 e. The molecule has 0 aliphatic carbocycles. The average Bonchev–Trinajstić information content (AvgIpc) is 2.65. The minimum absolute atomic E-state index is 0.0410. The summed E-state index contributed by atoms with van der Waals surface area (Å²) < 4.78 is 26.3. The van der Waals surface area contributed by atoms with E-state index in [9.17, 15) is 13.5 Å². The van der Waals surface area contributed by atoms with Crippen molar-refractivity contribution in [3.63, 3.8) is 0 Å². The molecule has 0 bridgehead atoms. The number of thiol groups is 1. The SMILES string of the molecule is O=S1(=O)c2sc(S)cc2C(O)CN1CCCO. The van der Waals surface area contributed by atoms with E-state index in [-0.39, 0.29) is 23.9 Å². The third kappa shape index (κ3) is 2.38. The van der Waals surface area contributed by atoms with Crippen LogP contribution in [0.3, 0.4) is 0 Å². The minimum atomic E-state index is -3.54. The van der Waals surface area contributed by atoms with Crippen LogP contribution >= 0.6 is 24.0 Å². The first kappa shape index (κ1) is 13.3. The van der Waals surface area contributed by atoms with Crippen molar-refractivity contribution in [1.29, 1.82) is 0 Å². The molecular formula is C9H13NO4S3. The van der Waals surface area contributed by atoms with Crippen molar-refractivity contribution < 1.29 is 18.6 Å². The summed E-state index contributed by atoms with van der Waals surface area (Å²) in [4.78, 5) is 0. The predicted molar refractivity (Wildman–Crippen MR) is 67.0 cm³/mol. The maximum absolute atomic E-state index is 12.2. The summed E-state index contributed by atoms with van der Waals surface area (Å²) >= 11 is 5.16. The summed E-state index contributed by atoms with van der Waals surface area (Å²) in [5, 5.41) is 18.6. The van der Waals surface area contributed by atoms with Crippen LogP contribution < -0.4 is 0 Å². The number of fused-ring (bicyclic) bond motifs is 1. The number of thiophene rings is 1. The highest BCUT2D eigenvalue weighted by Gasteiger charge is 2.37. The molecule has 1 aromatic heterocycles. The Bertz CT molecular complexity index is 510. The van der Waals surface area contributed by atoms with E-state index >= 15 is 0 Å². The third-order valence-electron chi connectivity index (χ3n) is 2.59. The molecule has 0 saturated carbocycles. The molecule has 8 heteroatoms. The fourth-order valence-corrected chi connectivity index (χ4v) is 5.50. The van der Waals surface area contributed by atoms with Crippen LogP contribution in [-0.2, 0) is 10.0 Å². The first-order chi connectivity index (χ1) is 7.96. The fourth-order valence-electron chi connectivity index (χ4n) is 1.77. The molecule has 1 atom stereocenters. The van der Waals surface area contributed by atoms with Crippen LogP contribution in [0.25, 0.3) is 0 Å². The van der Waals surface area contributed by atoms with E-state index in [1.807, 2.05) is 0 Å². The Kier molecular flexibility index (Phi) is 3.81. The summed E-state index contributed by atoms with van der Waals surface area (Å²) in [6.45, 7) is 0.186. The van der Waals surface area contributed by atoms with Gasteiger partial charge in [0.1, 0.15) is 4.21 Å². The second kappa shape index (κ2) is 4.87. The largest absolute Gasteiger partial charge is 0.396 e. The lowest BCUT2D eigenvalue weighted by Crippen LogP contribution is -2.39. The molecule has 1 unspecified atom stereocenters. The standard InChI is InChI=1S/C9H13NO4S3/c11-3-1-2-10-5-7(12)6-4-8(15)16-9(6)17(10,13)14/h4,7,11-12,15H,1-3,5H2. The highest BCUT2D eigenvalue weighted by Crippen LogP contribution is 2.39. The molecule has 0 radical (unpaired) electrons. The molecule has 5 nitrogen and oxygen atoms in total. The van der Waals surface area contributed by atoms with Gasteiger partial charge in [0.2, 0.25) is 0 Å². The lowest BCUT2D eigenvalue weighted by Gasteiger charge is -2.29. The molecule has 0 aromatic carbocycles. The number of hydrogen-bond acceptors (Lipinski definition) is 6. The Morgan fingerprint density at radius 1 is 1.59 bits per heavy atom. The van der Waals surface area contributed by atoms with Gasteiger partial charge in [0, 0.05) is 25.3 Å². The van der Waals surface area contributed by atoms with Crippen LogP contribution in [-0.4, -0.2) is 42.6 Å². The number of aliphatic hydroxyl groups excluding tert-OH is 2. The van der Waals surface area contributed by atoms with Gasteiger partial charge in [-0.25, -0.2) is 8.42 Å². The van der Waals surface area contributed by atoms with E-state index in [1.165, 1.54) is 4.31 Å². The molecule has 96 valence electrons. The molecule has 1 aromatic rings. The maximum atomic E-state index is 12.2. The van der Waals surface area contributed by atoms with Gasteiger partial charge in [0.25, 0.3) is 10.0 Å². The van der Waals surface area contributed by atoms with Gasteiger partial charge in [-0.1, -0.05) is 0 Å². The van der Waals surface area contributed by atoms with Crippen LogP contribution in [0.2, 0.25) is 0 Å². The van der Waals surface area contributed by atoms with Gasteiger partial charge in [-0.2, -0.15) is 4.31 Å². The van der Waals surface area contributed by atoms with Crippen LogP contribution in [0, 0.1) is 0 Å². The second-order valence-electron chi connectivity index (χ2n) is 3.78. The van der Waals surface area contributed by atoms with Crippen molar-refractivity contribution in [3.05, 3.63) is 11.6 Å². The number of rotatable bonds is 3. The highest BCUT2D eigenvalue weighted by atomic mass is 32.3. The number of sulfonamides is 1. The van der Waals surface area contributed by atoms with Crippen molar-refractivity contribution in [2.75, 3.05) is 19.7 Å². The van der Waals surface area contributed by atoms with E-state index in [4.69, 9.17) is 5.11 Å². The number of hydrogen-bond donors (Lipinski definition) is 3. The molecule has 1 aliphatic rings. The van der Waals surface area contributed by atoms with E-state index in [2.05, 4.69) is 12.6 Å². The normalized spacial score (nSPS) is 23.6. The van der Waals surface area contributed by atoms with Crippen molar-refractivity contribution in [2.24, 2.45) is 0 Å². The van der Waals surface area contributed by atoms with E-state index in [1.54, 1.807) is 6.07 Å². The zero-order chi connectivity index (χ0) is 12.6. The summed E-state index contributed by atoms with van der Waals surface area (Å²) in [5.41, 5.74) is 0.431. The molecule has 0 saturated heterocycles. The van der Waals surface area contributed by atoms with E-state index < -0.39 is 16.1 Å². The zero-order valence-electron chi connectivity index (χ0n) is 8.90. The molecular weight excluding hydrogens is 282 g/mol. The smallest absolute Gasteiger partial charge is 0.253 e. The number of nitrogens with zero attached hydrogens (tertiary/aromatic N) is 1. The Morgan fingerprint density at radius 2 is 2.29 bits per heavy atom. The van der Waals surface area contributed by atoms with Gasteiger partial charge in [0.15, 0.2) is 0 Å². The first-order valence-corrected chi connectivity index (χ1v) is 7.79. The van der Waals surface area contributed by atoms with Crippen LogP contribution in [0.1, 0.15) is 18.1 Å². The summed E-state index contributed by atoms with van der Waals surface area (Å²) in [5.74, 6) is 0. The zero-order valence-corrected chi connectivity index (χ0v) is 11.4. The van der Waals surface area contributed by atoms with Crippen LogP contribution in [0.15, 0.2) is 14.5 Å². The molecule has 1 aliphatic heterocycles. The Hall–Kier alpha value is -0.120. The quantitative estimate of drug-likeness (QED) is 0.708. The third-order valence-corrected chi connectivity index (χ3v) is 6.34. The summed E-state index contributed by atoms with van der Waals surface area (Å²) in [6, 6.07) is 1.59. The molecule has 0 amide bonds. The van der Waals surface area contributed by atoms with Gasteiger partial charge in [-0.3, -0.25) is 0 Å². The van der Waals surface area contributed by atoms with Gasteiger partial charge in [-0.15, -0.1) is 24.0 Å². The average molecular weight is 295 g/mol. The molecule has 17 heavy (non-hydrogen) atoms. The van der Waals surface area contributed by atoms with Gasteiger partial charge < -0.3 is 10.2 Å². The molecule has 0 fully saturated rings. The first-order valence-electron chi connectivity index (χ1n) is 5.08. The van der Waals surface area contributed by atoms with Crippen molar-refractivity contribution in [2.45, 2.75) is 20.9 Å². The van der Waals surface area contributed by atoms with E-state index in [0.29, 0.717) is 16.2 Å². The van der Waals surface area contributed by atoms with Crippen molar-refractivity contribution >= 4 is 34.0 Å².